The number of alkyl halides is 1. The second-order valence-corrected chi connectivity index (χ2v) is 7.39. The molecule has 0 unspecified atom stereocenters. The highest BCUT2D eigenvalue weighted by Gasteiger charge is 2.20. The van der Waals surface area contributed by atoms with E-state index in [2.05, 4.69) is 29.8 Å². The van der Waals surface area contributed by atoms with Crippen molar-refractivity contribution in [1.82, 2.24) is 4.31 Å². The van der Waals surface area contributed by atoms with Gasteiger partial charge in [0.2, 0.25) is 10.0 Å². The van der Waals surface area contributed by atoms with Gasteiger partial charge in [-0.2, -0.15) is 0 Å². The Kier molecular flexibility index (Phi) is 5.82. The van der Waals surface area contributed by atoms with Gasteiger partial charge in [0.05, 0.1) is 4.90 Å². The van der Waals surface area contributed by atoms with E-state index in [1.807, 2.05) is 12.1 Å². The summed E-state index contributed by atoms with van der Waals surface area (Å²) in [6, 6.07) is 6.99. The smallest absolute Gasteiger partial charge is 0.207 e. The van der Waals surface area contributed by atoms with Gasteiger partial charge in [-0.3, -0.25) is 0 Å². The minimum Gasteiger partial charge on any atom is -0.207 e. The first-order chi connectivity index (χ1) is 8.37. The van der Waals surface area contributed by atoms with Gasteiger partial charge in [0, 0.05) is 18.9 Å². The Morgan fingerprint density at radius 1 is 1.22 bits per heavy atom. The lowest BCUT2D eigenvalue weighted by atomic mass is 10.1. The molecule has 0 bridgehead atoms. The molecule has 18 heavy (non-hydrogen) atoms. The van der Waals surface area contributed by atoms with E-state index in [-0.39, 0.29) is 0 Å². The summed E-state index contributed by atoms with van der Waals surface area (Å²) >= 11 is 3.34. The molecule has 0 radical (unpaired) electrons. The first-order valence-corrected chi connectivity index (χ1v) is 8.55. The van der Waals surface area contributed by atoms with E-state index >= 15 is 0 Å². The number of sulfonamides is 1. The number of rotatable bonds is 6. The first-order valence-electron chi connectivity index (χ1n) is 5.99. The third kappa shape index (κ3) is 4.07. The van der Waals surface area contributed by atoms with Crippen molar-refractivity contribution in [3.63, 3.8) is 0 Å². The van der Waals surface area contributed by atoms with Gasteiger partial charge in [-0.15, -0.1) is 0 Å². The predicted octanol–water partition coefficient (Wildman–Crippen LogP) is 3.25. The summed E-state index contributed by atoms with van der Waals surface area (Å²) in [5.74, 6) is 0.499. The van der Waals surface area contributed by atoms with Crippen LogP contribution in [0.5, 0.6) is 0 Å². The van der Waals surface area contributed by atoms with Crippen LogP contribution in [0.4, 0.5) is 0 Å². The van der Waals surface area contributed by atoms with E-state index in [9.17, 15) is 8.42 Å². The maximum absolute atomic E-state index is 12.3. The van der Waals surface area contributed by atoms with Crippen molar-refractivity contribution in [2.45, 2.75) is 30.5 Å². The summed E-state index contributed by atoms with van der Waals surface area (Å²) < 4.78 is 25.9. The van der Waals surface area contributed by atoms with Crippen LogP contribution in [0.1, 0.15) is 25.8 Å². The van der Waals surface area contributed by atoms with Crippen LogP contribution in [0.2, 0.25) is 0 Å². The van der Waals surface area contributed by atoms with E-state index in [4.69, 9.17) is 0 Å². The normalized spacial score (nSPS) is 12.3. The molecule has 0 aliphatic rings. The molecule has 0 aromatic heterocycles. The fourth-order valence-electron chi connectivity index (χ4n) is 1.49. The highest BCUT2D eigenvalue weighted by atomic mass is 79.9. The van der Waals surface area contributed by atoms with Crippen LogP contribution in [0.3, 0.4) is 0 Å². The summed E-state index contributed by atoms with van der Waals surface area (Å²) in [6.07, 6.45) is 0.870. The zero-order chi connectivity index (χ0) is 13.8. The van der Waals surface area contributed by atoms with Crippen molar-refractivity contribution in [2.75, 3.05) is 13.6 Å². The summed E-state index contributed by atoms with van der Waals surface area (Å²) in [5, 5.41) is 0.733. The summed E-state index contributed by atoms with van der Waals surface area (Å²) in [5.41, 5.74) is 1.07. The molecule has 0 saturated heterocycles. The minimum atomic E-state index is -3.34. The van der Waals surface area contributed by atoms with Crippen molar-refractivity contribution >= 4 is 26.0 Å². The maximum Gasteiger partial charge on any atom is 0.242 e. The summed E-state index contributed by atoms with van der Waals surface area (Å²) in [4.78, 5) is 0.360. The van der Waals surface area contributed by atoms with Crippen LogP contribution in [0, 0.1) is 5.92 Å². The molecular formula is C13H20BrNO2S. The van der Waals surface area contributed by atoms with Gasteiger partial charge in [0.15, 0.2) is 0 Å². The Labute approximate surface area is 118 Å². The fourth-order valence-corrected chi connectivity index (χ4v) is 3.05. The number of halogens is 1. The molecule has 1 aromatic rings. The average molecular weight is 334 g/mol. The lowest BCUT2D eigenvalue weighted by Gasteiger charge is -2.18. The van der Waals surface area contributed by atoms with Gasteiger partial charge < -0.3 is 0 Å². The molecule has 1 aromatic carbocycles. The zero-order valence-electron chi connectivity index (χ0n) is 11.1. The van der Waals surface area contributed by atoms with E-state index in [1.165, 1.54) is 4.31 Å². The van der Waals surface area contributed by atoms with Gasteiger partial charge >= 0.3 is 0 Å². The quantitative estimate of drug-likeness (QED) is 0.749. The highest BCUT2D eigenvalue weighted by molar-refractivity contribution is 9.08. The lowest BCUT2D eigenvalue weighted by molar-refractivity contribution is 0.428. The molecule has 0 N–H and O–H groups in total. The van der Waals surface area contributed by atoms with E-state index in [0.29, 0.717) is 17.4 Å². The molecule has 1 rings (SSSR count). The zero-order valence-corrected chi connectivity index (χ0v) is 13.5. The van der Waals surface area contributed by atoms with Crippen LogP contribution >= 0.6 is 15.9 Å². The molecule has 0 saturated carbocycles. The van der Waals surface area contributed by atoms with Crippen LogP contribution in [0.25, 0.3) is 0 Å². The van der Waals surface area contributed by atoms with Gasteiger partial charge in [-0.1, -0.05) is 41.9 Å². The van der Waals surface area contributed by atoms with Crippen molar-refractivity contribution in [2.24, 2.45) is 5.92 Å². The molecule has 0 heterocycles. The molecule has 0 aliphatic carbocycles. The summed E-state index contributed by atoms with van der Waals surface area (Å²) in [7, 11) is -1.71. The van der Waals surface area contributed by atoms with Crippen LogP contribution in [0.15, 0.2) is 29.2 Å². The Morgan fingerprint density at radius 3 is 2.22 bits per heavy atom. The van der Waals surface area contributed by atoms with Crippen molar-refractivity contribution in [3.8, 4) is 0 Å². The molecule has 0 atom stereocenters. The van der Waals surface area contributed by atoms with Crippen LogP contribution in [-0.2, 0) is 15.4 Å². The SMILES string of the molecule is CC(C)CCN(C)S(=O)(=O)c1ccc(CBr)cc1. The molecule has 0 fully saturated rings. The molecule has 0 spiro atoms. The number of hydrogen-bond acceptors (Lipinski definition) is 2. The predicted molar refractivity (Wildman–Crippen MR) is 78.3 cm³/mol. The first kappa shape index (κ1) is 15.7. The molecule has 102 valence electrons. The van der Waals surface area contributed by atoms with Gasteiger partial charge in [-0.05, 0) is 30.0 Å². The largest absolute Gasteiger partial charge is 0.242 e. The van der Waals surface area contributed by atoms with E-state index in [1.54, 1.807) is 19.2 Å². The average Bonchev–Trinajstić information content (AvgIpc) is 2.35. The van der Waals surface area contributed by atoms with Gasteiger partial charge in [0.25, 0.3) is 0 Å². The molecule has 0 aliphatic heterocycles. The second kappa shape index (κ2) is 6.68. The molecule has 5 heteroatoms. The second-order valence-electron chi connectivity index (χ2n) is 4.79. The third-order valence-electron chi connectivity index (χ3n) is 2.81. The van der Waals surface area contributed by atoms with Gasteiger partial charge in [0.1, 0.15) is 0 Å². The fraction of sp³-hybridized carbons (Fsp3) is 0.538. The summed E-state index contributed by atoms with van der Waals surface area (Å²) in [6.45, 7) is 4.73. The van der Waals surface area contributed by atoms with Crippen molar-refractivity contribution in [3.05, 3.63) is 29.8 Å². The van der Waals surface area contributed by atoms with Crippen LogP contribution < -0.4 is 0 Å². The number of hydrogen-bond donors (Lipinski definition) is 0. The van der Waals surface area contributed by atoms with Crippen molar-refractivity contribution < 1.29 is 8.42 Å². The molecule has 3 nitrogen and oxygen atoms in total. The Bertz CT molecular complexity index is 468. The number of nitrogens with zero attached hydrogens (tertiary/aromatic N) is 1. The van der Waals surface area contributed by atoms with E-state index in [0.717, 1.165) is 17.3 Å². The standard InChI is InChI=1S/C13H20BrNO2S/c1-11(2)8-9-15(3)18(16,17)13-6-4-12(10-14)5-7-13/h4-7,11H,8-10H2,1-3H3. The van der Waals surface area contributed by atoms with E-state index < -0.39 is 10.0 Å². The molecular weight excluding hydrogens is 314 g/mol. The third-order valence-corrected chi connectivity index (χ3v) is 5.33. The number of benzene rings is 1. The van der Waals surface area contributed by atoms with Gasteiger partial charge in [-0.25, -0.2) is 12.7 Å². The maximum atomic E-state index is 12.3. The Hall–Kier alpha value is -0.390. The Morgan fingerprint density at radius 2 is 1.78 bits per heavy atom. The monoisotopic (exact) mass is 333 g/mol. The lowest BCUT2D eigenvalue weighted by Crippen LogP contribution is -2.28. The minimum absolute atomic E-state index is 0.360. The molecule has 0 amide bonds. The Balaban J connectivity index is 2.84. The van der Waals surface area contributed by atoms with Crippen molar-refractivity contribution in [1.29, 1.82) is 0 Å². The topological polar surface area (TPSA) is 37.4 Å². The highest BCUT2D eigenvalue weighted by Crippen LogP contribution is 2.17. The van der Waals surface area contributed by atoms with Crippen LogP contribution in [-0.4, -0.2) is 26.3 Å².